The van der Waals surface area contributed by atoms with Gasteiger partial charge in [-0.05, 0) is 26.8 Å². The van der Waals surface area contributed by atoms with Crippen LogP contribution in [-0.2, 0) is 9.47 Å². The Hall–Kier alpha value is -0.970. The SMILES string of the molecule is CC(NC1COC(C)(C)OC1)c1ccccc1F. The van der Waals surface area contributed by atoms with Gasteiger partial charge in [0.1, 0.15) is 5.82 Å². The van der Waals surface area contributed by atoms with Gasteiger partial charge < -0.3 is 14.8 Å². The van der Waals surface area contributed by atoms with Crippen molar-refractivity contribution < 1.29 is 13.9 Å². The van der Waals surface area contributed by atoms with E-state index in [0.29, 0.717) is 18.8 Å². The molecule has 1 fully saturated rings. The summed E-state index contributed by atoms with van der Waals surface area (Å²) in [5.74, 6) is -0.699. The Labute approximate surface area is 107 Å². The van der Waals surface area contributed by atoms with Crippen LogP contribution in [0.2, 0.25) is 0 Å². The molecule has 0 saturated carbocycles. The molecule has 1 aromatic carbocycles. The number of hydrogen-bond acceptors (Lipinski definition) is 3. The van der Waals surface area contributed by atoms with Crippen LogP contribution in [0.5, 0.6) is 0 Å². The van der Waals surface area contributed by atoms with Gasteiger partial charge >= 0.3 is 0 Å². The zero-order chi connectivity index (χ0) is 13.2. The van der Waals surface area contributed by atoms with Gasteiger partial charge in [0.25, 0.3) is 0 Å². The van der Waals surface area contributed by atoms with Gasteiger partial charge in [0.15, 0.2) is 5.79 Å². The van der Waals surface area contributed by atoms with Gasteiger partial charge in [-0.2, -0.15) is 0 Å². The van der Waals surface area contributed by atoms with Crippen molar-refractivity contribution in [3.05, 3.63) is 35.6 Å². The lowest BCUT2D eigenvalue weighted by Gasteiger charge is -2.36. The fourth-order valence-corrected chi connectivity index (χ4v) is 2.06. The maximum atomic E-state index is 13.6. The highest BCUT2D eigenvalue weighted by molar-refractivity contribution is 5.20. The molecular weight excluding hydrogens is 233 g/mol. The Balaban J connectivity index is 1.93. The first-order chi connectivity index (χ1) is 8.48. The highest BCUT2D eigenvalue weighted by Gasteiger charge is 2.29. The van der Waals surface area contributed by atoms with Crippen LogP contribution in [0.3, 0.4) is 0 Å². The van der Waals surface area contributed by atoms with Crippen LogP contribution in [0.1, 0.15) is 32.4 Å². The van der Waals surface area contributed by atoms with Crippen molar-refractivity contribution in [2.45, 2.75) is 38.6 Å². The number of nitrogens with one attached hydrogen (secondary N) is 1. The molecule has 1 aromatic rings. The molecule has 3 nitrogen and oxygen atoms in total. The average molecular weight is 253 g/mol. The fraction of sp³-hybridized carbons (Fsp3) is 0.571. The summed E-state index contributed by atoms with van der Waals surface area (Å²) in [4.78, 5) is 0. The molecule has 4 heteroatoms. The summed E-state index contributed by atoms with van der Waals surface area (Å²) < 4.78 is 24.7. The van der Waals surface area contributed by atoms with E-state index in [9.17, 15) is 4.39 Å². The summed E-state index contributed by atoms with van der Waals surface area (Å²) in [5, 5.41) is 3.32. The van der Waals surface area contributed by atoms with Crippen molar-refractivity contribution in [3.8, 4) is 0 Å². The normalized spacial score (nSPS) is 21.8. The summed E-state index contributed by atoms with van der Waals surface area (Å²) in [5.41, 5.74) is 0.669. The predicted molar refractivity (Wildman–Crippen MR) is 67.7 cm³/mol. The Bertz CT molecular complexity index is 399. The van der Waals surface area contributed by atoms with Crippen molar-refractivity contribution >= 4 is 0 Å². The number of benzene rings is 1. The third-order valence-electron chi connectivity index (χ3n) is 3.12. The van der Waals surface area contributed by atoms with Gasteiger partial charge in [-0.25, -0.2) is 4.39 Å². The van der Waals surface area contributed by atoms with Crippen LogP contribution >= 0.6 is 0 Å². The van der Waals surface area contributed by atoms with Crippen molar-refractivity contribution in [2.75, 3.05) is 13.2 Å². The molecule has 1 saturated heterocycles. The minimum Gasteiger partial charge on any atom is -0.349 e. The Kier molecular flexibility index (Phi) is 4.00. The lowest BCUT2D eigenvalue weighted by atomic mass is 10.1. The molecule has 18 heavy (non-hydrogen) atoms. The third-order valence-corrected chi connectivity index (χ3v) is 3.12. The molecule has 0 bridgehead atoms. The maximum absolute atomic E-state index is 13.6. The molecule has 1 atom stereocenters. The van der Waals surface area contributed by atoms with E-state index in [4.69, 9.17) is 9.47 Å². The average Bonchev–Trinajstić information content (AvgIpc) is 2.32. The van der Waals surface area contributed by atoms with Crippen LogP contribution in [0.4, 0.5) is 4.39 Å². The molecule has 1 aliphatic rings. The first-order valence-electron chi connectivity index (χ1n) is 6.26. The van der Waals surface area contributed by atoms with E-state index in [1.54, 1.807) is 12.1 Å². The van der Waals surface area contributed by atoms with E-state index in [2.05, 4.69) is 5.32 Å². The van der Waals surface area contributed by atoms with E-state index in [1.807, 2.05) is 26.8 Å². The molecule has 0 radical (unpaired) electrons. The summed E-state index contributed by atoms with van der Waals surface area (Å²) >= 11 is 0. The van der Waals surface area contributed by atoms with E-state index in [0.717, 1.165) is 0 Å². The van der Waals surface area contributed by atoms with Crippen LogP contribution < -0.4 is 5.32 Å². The van der Waals surface area contributed by atoms with Gasteiger partial charge in [0.2, 0.25) is 0 Å². The van der Waals surface area contributed by atoms with Crippen molar-refractivity contribution in [2.24, 2.45) is 0 Å². The molecule has 0 spiro atoms. The lowest BCUT2D eigenvalue weighted by Crippen LogP contribution is -2.49. The second-order valence-corrected chi connectivity index (χ2v) is 5.13. The standard InChI is InChI=1S/C14H20FNO2/c1-10(12-6-4-5-7-13(12)15)16-11-8-17-14(2,3)18-9-11/h4-7,10-11,16H,8-9H2,1-3H3. The van der Waals surface area contributed by atoms with E-state index in [-0.39, 0.29) is 17.9 Å². The minimum atomic E-state index is -0.514. The van der Waals surface area contributed by atoms with Crippen LogP contribution in [0.25, 0.3) is 0 Å². The Morgan fingerprint density at radius 3 is 2.50 bits per heavy atom. The Morgan fingerprint density at radius 1 is 1.28 bits per heavy atom. The first kappa shape index (κ1) is 13.5. The van der Waals surface area contributed by atoms with Crippen molar-refractivity contribution in [1.82, 2.24) is 5.32 Å². The monoisotopic (exact) mass is 253 g/mol. The van der Waals surface area contributed by atoms with Crippen LogP contribution in [-0.4, -0.2) is 25.0 Å². The topological polar surface area (TPSA) is 30.5 Å². The van der Waals surface area contributed by atoms with E-state index >= 15 is 0 Å². The summed E-state index contributed by atoms with van der Waals surface area (Å²) in [6, 6.07) is 6.83. The number of rotatable bonds is 3. The van der Waals surface area contributed by atoms with Gasteiger partial charge in [-0.15, -0.1) is 0 Å². The summed E-state index contributed by atoms with van der Waals surface area (Å²) in [6.07, 6.45) is 0. The quantitative estimate of drug-likeness (QED) is 0.898. The second kappa shape index (κ2) is 5.34. The van der Waals surface area contributed by atoms with E-state index in [1.165, 1.54) is 6.07 Å². The van der Waals surface area contributed by atoms with Crippen LogP contribution in [0.15, 0.2) is 24.3 Å². The largest absolute Gasteiger partial charge is 0.349 e. The molecule has 0 aromatic heterocycles. The molecule has 1 N–H and O–H groups in total. The second-order valence-electron chi connectivity index (χ2n) is 5.13. The summed E-state index contributed by atoms with van der Waals surface area (Å²) in [6.45, 7) is 6.88. The molecular formula is C14H20FNO2. The van der Waals surface area contributed by atoms with Crippen LogP contribution in [0, 0.1) is 5.82 Å². The molecule has 100 valence electrons. The molecule has 1 aliphatic heterocycles. The Morgan fingerprint density at radius 2 is 1.89 bits per heavy atom. The number of ether oxygens (including phenoxy) is 2. The summed E-state index contributed by atoms with van der Waals surface area (Å²) in [7, 11) is 0. The maximum Gasteiger partial charge on any atom is 0.162 e. The minimum absolute atomic E-state index is 0.0652. The molecule has 1 unspecified atom stereocenters. The zero-order valence-electron chi connectivity index (χ0n) is 11.1. The predicted octanol–water partition coefficient (Wildman–Crippen LogP) is 2.63. The molecule has 2 rings (SSSR count). The van der Waals surface area contributed by atoms with Gasteiger partial charge in [-0.1, -0.05) is 18.2 Å². The molecule has 0 aliphatic carbocycles. The van der Waals surface area contributed by atoms with Gasteiger partial charge in [-0.3, -0.25) is 0 Å². The van der Waals surface area contributed by atoms with E-state index < -0.39 is 5.79 Å². The smallest absolute Gasteiger partial charge is 0.162 e. The lowest BCUT2D eigenvalue weighted by molar-refractivity contribution is -0.253. The molecule has 1 heterocycles. The zero-order valence-corrected chi connectivity index (χ0v) is 11.1. The van der Waals surface area contributed by atoms with Gasteiger partial charge in [0, 0.05) is 11.6 Å². The number of halogens is 1. The molecule has 0 amide bonds. The first-order valence-corrected chi connectivity index (χ1v) is 6.26. The highest BCUT2D eigenvalue weighted by Crippen LogP contribution is 2.20. The van der Waals surface area contributed by atoms with Crippen molar-refractivity contribution in [1.29, 1.82) is 0 Å². The number of hydrogen-bond donors (Lipinski definition) is 1. The van der Waals surface area contributed by atoms with Crippen molar-refractivity contribution in [3.63, 3.8) is 0 Å². The third kappa shape index (κ3) is 3.28. The fourth-order valence-electron chi connectivity index (χ4n) is 2.06. The highest BCUT2D eigenvalue weighted by atomic mass is 19.1. The van der Waals surface area contributed by atoms with Gasteiger partial charge in [0.05, 0.1) is 19.3 Å².